The Kier molecular flexibility index (Phi) is 3.43. The topological polar surface area (TPSA) is 55.0 Å². The second-order valence-corrected chi connectivity index (χ2v) is 7.29. The van der Waals surface area contributed by atoms with Crippen LogP contribution >= 0.6 is 22.7 Å². The molecule has 0 spiro atoms. The van der Waals surface area contributed by atoms with Gasteiger partial charge in [-0.15, -0.1) is 22.7 Å². The Balaban J connectivity index is 1.85. The van der Waals surface area contributed by atoms with E-state index in [0.29, 0.717) is 5.69 Å². The summed E-state index contributed by atoms with van der Waals surface area (Å²) in [5, 5.41) is 11.4. The van der Waals surface area contributed by atoms with Crippen LogP contribution in [-0.2, 0) is 16.6 Å². The van der Waals surface area contributed by atoms with E-state index < -0.39 is 5.97 Å². The molecule has 3 aromatic heterocycles. The van der Waals surface area contributed by atoms with Gasteiger partial charge in [0.15, 0.2) is 5.69 Å². The van der Waals surface area contributed by atoms with Gasteiger partial charge in [0.25, 0.3) is 0 Å². The van der Waals surface area contributed by atoms with Crippen LogP contribution < -0.4 is 0 Å². The Morgan fingerprint density at radius 1 is 1.26 bits per heavy atom. The van der Waals surface area contributed by atoms with Gasteiger partial charge in [-0.05, 0) is 22.9 Å². The van der Waals surface area contributed by atoms with Crippen LogP contribution in [0.4, 0.5) is 0 Å². The van der Waals surface area contributed by atoms with Gasteiger partial charge in [0, 0.05) is 27.4 Å². The van der Waals surface area contributed by atoms with Crippen LogP contribution in [0.15, 0.2) is 41.1 Å². The van der Waals surface area contributed by atoms with Gasteiger partial charge in [-0.1, -0.05) is 24.3 Å². The average molecular weight is 342 g/mol. The number of esters is 1. The van der Waals surface area contributed by atoms with E-state index in [1.165, 1.54) is 16.9 Å². The van der Waals surface area contributed by atoms with Crippen LogP contribution in [0.1, 0.15) is 31.5 Å². The van der Waals surface area contributed by atoms with Crippen molar-refractivity contribution in [1.29, 1.82) is 0 Å². The van der Waals surface area contributed by atoms with Crippen LogP contribution in [0.25, 0.3) is 6.08 Å². The number of hydrogen-bond donors (Lipinski definition) is 1. The third kappa shape index (κ3) is 2.17. The smallest absolute Gasteiger partial charge is 0.359 e. The predicted octanol–water partition coefficient (Wildman–Crippen LogP) is 3.87. The summed E-state index contributed by atoms with van der Waals surface area (Å²) in [5.74, 6) is -0.410. The van der Waals surface area contributed by atoms with Gasteiger partial charge in [0.05, 0.1) is 12.5 Å². The maximum Gasteiger partial charge on any atom is 0.359 e. The zero-order valence-corrected chi connectivity index (χ0v) is 14.0. The molecule has 1 N–H and O–H groups in total. The highest BCUT2D eigenvalue weighted by Gasteiger charge is 2.38. The Bertz CT molecular complexity index is 826. The number of rotatable bonds is 3. The van der Waals surface area contributed by atoms with Gasteiger partial charge < -0.3 is 4.74 Å². The zero-order chi connectivity index (χ0) is 15.9. The highest BCUT2D eigenvalue weighted by Crippen LogP contribution is 2.45. The molecule has 1 aliphatic carbocycles. The Morgan fingerprint density at radius 3 is 2.52 bits per heavy atom. The standard InChI is InChI=1S/C17H14N2O2S2/c1-21-16(20)15-11-6-7-17(10-12(11)18-19-15,13-4-2-8-22-13)14-5-3-9-23-14/h2-9H,10H2,1H3,(H,18,19). The number of hydrogen-bond acceptors (Lipinski definition) is 5. The minimum atomic E-state index is -0.410. The van der Waals surface area contributed by atoms with Gasteiger partial charge in [-0.3, -0.25) is 5.10 Å². The number of thiophene rings is 2. The molecule has 3 aromatic rings. The summed E-state index contributed by atoms with van der Waals surface area (Å²) in [6, 6.07) is 8.48. The molecular weight excluding hydrogens is 328 g/mol. The fourth-order valence-corrected chi connectivity index (χ4v) is 4.95. The first kappa shape index (κ1) is 14.4. The van der Waals surface area contributed by atoms with Crippen molar-refractivity contribution in [1.82, 2.24) is 10.2 Å². The quantitative estimate of drug-likeness (QED) is 0.735. The number of carbonyl (C=O) groups is 1. The van der Waals surface area contributed by atoms with Crippen molar-refractivity contribution in [2.45, 2.75) is 11.8 Å². The number of aromatic nitrogens is 2. The van der Waals surface area contributed by atoms with Crippen molar-refractivity contribution in [3.63, 3.8) is 0 Å². The highest BCUT2D eigenvalue weighted by atomic mass is 32.1. The normalized spacial score (nSPS) is 15.3. The number of nitrogens with one attached hydrogen (secondary N) is 1. The molecule has 116 valence electrons. The Morgan fingerprint density at radius 2 is 1.96 bits per heavy atom. The minimum Gasteiger partial charge on any atom is -0.464 e. The molecule has 3 heterocycles. The van der Waals surface area contributed by atoms with Crippen molar-refractivity contribution in [3.05, 3.63) is 67.8 Å². The molecule has 23 heavy (non-hydrogen) atoms. The third-order valence-corrected chi connectivity index (χ3v) is 6.27. The van der Waals surface area contributed by atoms with Crippen molar-refractivity contribution >= 4 is 34.7 Å². The van der Waals surface area contributed by atoms with E-state index in [1.54, 1.807) is 22.7 Å². The van der Waals surface area contributed by atoms with Gasteiger partial charge in [-0.25, -0.2) is 4.79 Å². The molecule has 0 bridgehead atoms. The van der Waals surface area contributed by atoms with E-state index in [9.17, 15) is 4.79 Å². The molecule has 0 aliphatic heterocycles. The average Bonchev–Trinajstić information content (AvgIpc) is 3.34. The predicted molar refractivity (Wildman–Crippen MR) is 92.1 cm³/mol. The zero-order valence-electron chi connectivity index (χ0n) is 12.4. The molecular formula is C17H14N2O2S2. The fourth-order valence-electron chi connectivity index (χ4n) is 3.04. The Labute approximate surface area is 141 Å². The monoisotopic (exact) mass is 342 g/mol. The maximum atomic E-state index is 11.8. The first-order chi connectivity index (χ1) is 11.2. The summed E-state index contributed by atoms with van der Waals surface area (Å²) in [6.07, 6.45) is 4.94. The highest BCUT2D eigenvalue weighted by molar-refractivity contribution is 7.11. The summed E-state index contributed by atoms with van der Waals surface area (Å²) < 4.78 is 4.81. The van der Waals surface area contributed by atoms with Gasteiger partial charge in [-0.2, -0.15) is 5.10 Å². The molecule has 6 heteroatoms. The van der Waals surface area contributed by atoms with Gasteiger partial charge >= 0.3 is 5.97 Å². The number of ether oxygens (including phenoxy) is 1. The molecule has 1 aliphatic rings. The second-order valence-electron chi connectivity index (χ2n) is 5.39. The summed E-state index contributed by atoms with van der Waals surface area (Å²) in [4.78, 5) is 14.4. The van der Waals surface area contributed by atoms with Gasteiger partial charge in [0.2, 0.25) is 0 Å². The lowest BCUT2D eigenvalue weighted by atomic mass is 9.76. The SMILES string of the molecule is COC(=O)c1n[nH]c2c1C=CC(c1cccs1)(c1cccs1)C2. The summed E-state index contributed by atoms with van der Waals surface area (Å²) in [6.45, 7) is 0. The molecule has 4 rings (SSSR count). The summed E-state index contributed by atoms with van der Waals surface area (Å²) in [7, 11) is 1.37. The van der Waals surface area contributed by atoms with Gasteiger partial charge in [0.1, 0.15) is 0 Å². The van der Waals surface area contributed by atoms with E-state index in [-0.39, 0.29) is 5.41 Å². The van der Waals surface area contributed by atoms with Crippen molar-refractivity contribution in [2.75, 3.05) is 7.11 Å². The fraction of sp³-hybridized carbons (Fsp3) is 0.176. The molecule has 0 unspecified atom stereocenters. The third-order valence-electron chi connectivity index (χ3n) is 4.17. The first-order valence-corrected chi connectivity index (χ1v) is 8.93. The van der Waals surface area contributed by atoms with E-state index >= 15 is 0 Å². The lowest BCUT2D eigenvalue weighted by molar-refractivity contribution is 0.0593. The molecule has 0 saturated carbocycles. The number of carbonyl (C=O) groups excluding carboxylic acids is 1. The van der Waals surface area contributed by atoms with Crippen LogP contribution in [0, 0.1) is 0 Å². The van der Waals surface area contributed by atoms with Crippen LogP contribution in [-0.4, -0.2) is 23.3 Å². The summed E-state index contributed by atoms with van der Waals surface area (Å²) in [5.41, 5.74) is 1.95. The van der Waals surface area contributed by atoms with E-state index in [2.05, 4.69) is 51.3 Å². The van der Waals surface area contributed by atoms with Crippen LogP contribution in [0.5, 0.6) is 0 Å². The summed E-state index contributed by atoms with van der Waals surface area (Å²) >= 11 is 3.50. The van der Waals surface area contributed by atoms with Crippen LogP contribution in [0.3, 0.4) is 0 Å². The van der Waals surface area contributed by atoms with E-state index in [4.69, 9.17) is 4.74 Å². The first-order valence-electron chi connectivity index (χ1n) is 7.17. The molecule has 0 saturated heterocycles. The Hall–Kier alpha value is -2.18. The van der Waals surface area contributed by atoms with E-state index in [1.807, 2.05) is 6.08 Å². The number of methoxy groups -OCH3 is 1. The number of allylic oxidation sites excluding steroid dienone is 1. The number of aromatic amines is 1. The lowest BCUT2D eigenvalue weighted by Gasteiger charge is -2.31. The number of fused-ring (bicyclic) bond motifs is 1. The van der Waals surface area contributed by atoms with Crippen molar-refractivity contribution in [2.24, 2.45) is 0 Å². The van der Waals surface area contributed by atoms with E-state index in [0.717, 1.165) is 17.7 Å². The van der Waals surface area contributed by atoms with Crippen molar-refractivity contribution in [3.8, 4) is 0 Å². The number of H-pyrrole nitrogens is 1. The molecule has 0 amide bonds. The minimum absolute atomic E-state index is 0.199. The molecule has 0 aromatic carbocycles. The molecule has 0 atom stereocenters. The second kappa shape index (κ2) is 5.47. The van der Waals surface area contributed by atoms with Crippen molar-refractivity contribution < 1.29 is 9.53 Å². The number of nitrogens with zero attached hydrogens (tertiary/aromatic N) is 1. The lowest BCUT2D eigenvalue weighted by Crippen LogP contribution is -2.28. The maximum absolute atomic E-state index is 11.8. The molecule has 4 nitrogen and oxygen atoms in total. The van der Waals surface area contributed by atoms with Crippen LogP contribution in [0.2, 0.25) is 0 Å². The largest absolute Gasteiger partial charge is 0.464 e. The molecule has 0 radical (unpaired) electrons. The molecule has 0 fully saturated rings.